The Morgan fingerprint density at radius 3 is 1.52 bits per heavy atom. The van der Waals surface area contributed by atoms with Crippen molar-refractivity contribution < 1.29 is 19.2 Å². The molecule has 31 heavy (non-hydrogen) atoms. The van der Waals surface area contributed by atoms with E-state index in [0.717, 1.165) is 0 Å². The number of hydrogen-bond acceptors (Lipinski definition) is 4. The summed E-state index contributed by atoms with van der Waals surface area (Å²) in [5.41, 5.74) is 3.37. The van der Waals surface area contributed by atoms with Crippen LogP contribution in [0.4, 0.5) is 11.4 Å². The standard InChI is InChI=1S/2C8H5NO2.C8H7N/c2*10-7-5-3-1-2-4-6(5)9-8(7)11;1-2-4-8-7(3-1)5-6-9-8/h2*1-4H,(H,9,10,11);1-6,9H. The summed E-state index contributed by atoms with van der Waals surface area (Å²) in [6.07, 6.45) is 1.95. The average Bonchev–Trinajstić information content (AvgIpc) is 3.47. The fourth-order valence-electron chi connectivity index (χ4n) is 3.18. The third-order valence-corrected chi connectivity index (χ3v) is 4.71. The van der Waals surface area contributed by atoms with E-state index in [-0.39, 0.29) is 0 Å². The molecule has 2 amide bonds. The van der Waals surface area contributed by atoms with Crippen molar-refractivity contribution in [1.82, 2.24) is 4.98 Å². The molecule has 3 aromatic carbocycles. The number of hydrogen-bond donors (Lipinski definition) is 3. The molecular formula is C24H17N3O4. The van der Waals surface area contributed by atoms with Crippen LogP contribution in [0, 0.1) is 0 Å². The summed E-state index contributed by atoms with van der Waals surface area (Å²) in [7, 11) is 0. The van der Waals surface area contributed by atoms with Crippen LogP contribution in [0.25, 0.3) is 10.9 Å². The third-order valence-electron chi connectivity index (χ3n) is 4.71. The van der Waals surface area contributed by atoms with Gasteiger partial charge in [-0.05, 0) is 41.8 Å². The van der Waals surface area contributed by atoms with Gasteiger partial charge in [0.15, 0.2) is 0 Å². The minimum atomic E-state index is -0.536. The monoisotopic (exact) mass is 411 g/mol. The first kappa shape index (κ1) is 19.8. The van der Waals surface area contributed by atoms with Crippen LogP contribution < -0.4 is 10.6 Å². The molecule has 0 atom stereocenters. The van der Waals surface area contributed by atoms with Gasteiger partial charge in [-0.15, -0.1) is 0 Å². The van der Waals surface area contributed by atoms with Gasteiger partial charge in [0, 0.05) is 11.7 Å². The number of aromatic amines is 1. The number of ketones is 2. The van der Waals surface area contributed by atoms with Crippen molar-refractivity contribution in [3.63, 3.8) is 0 Å². The fraction of sp³-hybridized carbons (Fsp3) is 0. The van der Waals surface area contributed by atoms with Crippen molar-refractivity contribution in [3.05, 3.63) is 96.2 Å². The molecule has 0 saturated carbocycles. The molecule has 7 nitrogen and oxygen atoms in total. The molecule has 3 N–H and O–H groups in total. The average molecular weight is 411 g/mol. The second-order valence-corrected chi connectivity index (χ2v) is 6.72. The predicted molar refractivity (Wildman–Crippen MR) is 117 cm³/mol. The molecule has 4 aromatic rings. The largest absolute Gasteiger partial charge is 0.361 e. The molecule has 1 aromatic heterocycles. The van der Waals surface area contributed by atoms with E-state index in [9.17, 15) is 19.2 Å². The Bertz CT molecular complexity index is 1220. The molecule has 0 saturated heterocycles. The number of carbonyl (C=O) groups excluding carboxylic acids is 4. The maximum atomic E-state index is 11.0. The van der Waals surface area contributed by atoms with Crippen LogP contribution in [0.5, 0.6) is 0 Å². The van der Waals surface area contributed by atoms with Crippen LogP contribution >= 0.6 is 0 Å². The van der Waals surface area contributed by atoms with E-state index in [2.05, 4.69) is 33.8 Å². The minimum Gasteiger partial charge on any atom is -0.361 e. The highest BCUT2D eigenvalue weighted by Gasteiger charge is 2.27. The van der Waals surface area contributed by atoms with Gasteiger partial charge in [-0.1, -0.05) is 42.5 Å². The van der Waals surface area contributed by atoms with E-state index in [1.807, 2.05) is 18.3 Å². The normalized spacial score (nSPS) is 13.3. The maximum absolute atomic E-state index is 11.0. The Labute approximate surface area is 177 Å². The van der Waals surface area contributed by atoms with Crippen molar-refractivity contribution in [2.45, 2.75) is 0 Å². The summed E-state index contributed by atoms with van der Waals surface area (Å²) in [5.74, 6) is -1.96. The first-order valence-corrected chi connectivity index (χ1v) is 9.46. The highest BCUT2D eigenvalue weighted by atomic mass is 16.2. The van der Waals surface area contributed by atoms with Gasteiger partial charge in [-0.25, -0.2) is 0 Å². The molecule has 0 spiro atoms. The molecule has 0 radical (unpaired) electrons. The maximum Gasteiger partial charge on any atom is 0.296 e. The zero-order valence-corrected chi connectivity index (χ0v) is 16.2. The minimum absolute atomic E-state index is 0.444. The number of fused-ring (bicyclic) bond motifs is 3. The van der Waals surface area contributed by atoms with Crippen LogP contribution in [0.3, 0.4) is 0 Å². The molecule has 0 aliphatic carbocycles. The topological polar surface area (TPSA) is 108 Å². The number of carbonyl (C=O) groups is 4. The SMILES string of the molecule is O=C1Nc2ccccc2C1=O.O=C1Nc2ccccc2C1=O.c1ccc2[nH]ccc2c1. The lowest BCUT2D eigenvalue weighted by atomic mass is 10.1. The molecule has 2 aliphatic heterocycles. The number of nitrogens with one attached hydrogen (secondary N) is 3. The van der Waals surface area contributed by atoms with Gasteiger partial charge in [0.1, 0.15) is 0 Å². The summed E-state index contributed by atoms with van der Waals surface area (Å²) in [4.78, 5) is 46.6. The van der Waals surface area contributed by atoms with Gasteiger partial charge in [0.2, 0.25) is 0 Å². The highest BCUT2D eigenvalue weighted by molar-refractivity contribution is 6.52. The summed E-state index contributed by atoms with van der Waals surface area (Å²) >= 11 is 0. The second kappa shape index (κ2) is 8.46. The third kappa shape index (κ3) is 4.11. The lowest BCUT2D eigenvalue weighted by Crippen LogP contribution is -2.12. The number of Topliss-reactive ketones (excluding diaryl/α,β-unsaturated/α-hetero) is 2. The van der Waals surface area contributed by atoms with E-state index in [4.69, 9.17) is 0 Å². The van der Waals surface area contributed by atoms with Crippen LogP contribution in [-0.4, -0.2) is 28.4 Å². The van der Waals surface area contributed by atoms with Crippen molar-refractivity contribution in [2.24, 2.45) is 0 Å². The first-order chi connectivity index (χ1) is 15.0. The molecular weight excluding hydrogens is 394 g/mol. The fourth-order valence-corrected chi connectivity index (χ4v) is 3.18. The molecule has 7 heteroatoms. The smallest absolute Gasteiger partial charge is 0.296 e. The van der Waals surface area contributed by atoms with Crippen molar-refractivity contribution in [2.75, 3.05) is 10.6 Å². The van der Waals surface area contributed by atoms with E-state index in [1.54, 1.807) is 48.5 Å². The van der Waals surface area contributed by atoms with Gasteiger partial charge in [0.25, 0.3) is 23.4 Å². The quantitative estimate of drug-likeness (QED) is 0.382. The van der Waals surface area contributed by atoms with Crippen LogP contribution in [-0.2, 0) is 9.59 Å². The number of amides is 2. The van der Waals surface area contributed by atoms with Gasteiger partial charge in [-0.2, -0.15) is 0 Å². The Kier molecular flexibility index (Phi) is 5.40. The van der Waals surface area contributed by atoms with Crippen molar-refractivity contribution >= 4 is 45.7 Å². The molecule has 0 bridgehead atoms. The van der Waals surface area contributed by atoms with E-state index >= 15 is 0 Å². The molecule has 2 aliphatic rings. The Balaban J connectivity index is 0.000000113. The van der Waals surface area contributed by atoms with Crippen molar-refractivity contribution in [3.8, 4) is 0 Å². The molecule has 3 heterocycles. The van der Waals surface area contributed by atoms with Crippen LogP contribution in [0.2, 0.25) is 0 Å². The Morgan fingerprint density at radius 2 is 1.00 bits per heavy atom. The predicted octanol–water partition coefficient (Wildman–Crippen LogP) is 3.81. The summed E-state index contributed by atoms with van der Waals surface area (Å²) < 4.78 is 0. The number of aromatic nitrogens is 1. The Hall–Kier alpha value is -4.52. The number of rotatable bonds is 0. The molecule has 6 rings (SSSR count). The molecule has 0 fully saturated rings. The first-order valence-electron chi connectivity index (χ1n) is 9.46. The van der Waals surface area contributed by atoms with Gasteiger partial charge < -0.3 is 15.6 Å². The van der Waals surface area contributed by atoms with Gasteiger partial charge in [-0.3, -0.25) is 19.2 Å². The lowest BCUT2D eigenvalue weighted by molar-refractivity contribution is -0.112. The zero-order valence-electron chi connectivity index (χ0n) is 16.2. The summed E-state index contributed by atoms with van der Waals surface area (Å²) in [6.45, 7) is 0. The lowest BCUT2D eigenvalue weighted by Gasteiger charge is -1.91. The molecule has 152 valence electrons. The van der Waals surface area contributed by atoms with E-state index in [0.29, 0.717) is 22.5 Å². The Morgan fingerprint density at radius 1 is 0.516 bits per heavy atom. The molecule has 0 unspecified atom stereocenters. The van der Waals surface area contributed by atoms with Crippen molar-refractivity contribution in [1.29, 1.82) is 0 Å². The number of benzene rings is 3. The zero-order chi connectivity index (χ0) is 21.8. The van der Waals surface area contributed by atoms with Gasteiger partial charge >= 0.3 is 0 Å². The second-order valence-electron chi connectivity index (χ2n) is 6.72. The number of anilines is 2. The number of H-pyrrole nitrogens is 1. The summed E-state index contributed by atoms with van der Waals surface area (Å²) in [6, 6.07) is 24.0. The van der Waals surface area contributed by atoms with Crippen LogP contribution in [0.1, 0.15) is 20.7 Å². The van der Waals surface area contributed by atoms with E-state index in [1.165, 1.54) is 10.9 Å². The van der Waals surface area contributed by atoms with Gasteiger partial charge in [0.05, 0.1) is 22.5 Å². The number of para-hydroxylation sites is 3. The summed E-state index contributed by atoms with van der Waals surface area (Å²) in [5, 5.41) is 6.19. The van der Waals surface area contributed by atoms with Crippen LogP contribution in [0.15, 0.2) is 85.1 Å². The highest BCUT2D eigenvalue weighted by Crippen LogP contribution is 2.22. The van der Waals surface area contributed by atoms with E-state index < -0.39 is 23.4 Å².